The molecule has 2 N–H and O–H groups in total. The summed E-state index contributed by atoms with van der Waals surface area (Å²) in [6.45, 7) is 1.96. The summed E-state index contributed by atoms with van der Waals surface area (Å²) < 4.78 is 33.0. The van der Waals surface area contributed by atoms with Crippen LogP contribution in [-0.4, -0.2) is 33.2 Å². The third kappa shape index (κ3) is 4.99. The molecular formula is C25H23N3O5S. The summed E-state index contributed by atoms with van der Waals surface area (Å²) in [6, 6.07) is 20.1. The quantitative estimate of drug-likeness (QED) is 0.525. The van der Waals surface area contributed by atoms with Gasteiger partial charge in [0.2, 0.25) is 0 Å². The smallest absolute Gasteiger partial charge is 0.307 e. The molecule has 0 saturated carbocycles. The number of esters is 1. The molecule has 0 radical (unpaired) electrons. The number of fused-ring (bicyclic) bond motifs is 1. The number of carbonyl (C=O) groups excluding carboxylic acids is 2. The third-order valence-electron chi connectivity index (χ3n) is 5.42. The van der Waals surface area contributed by atoms with Gasteiger partial charge >= 0.3 is 5.97 Å². The highest BCUT2D eigenvalue weighted by Crippen LogP contribution is 2.27. The van der Waals surface area contributed by atoms with E-state index in [1.54, 1.807) is 42.5 Å². The Bertz CT molecular complexity index is 1360. The van der Waals surface area contributed by atoms with Gasteiger partial charge in [-0.3, -0.25) is 9.59 Å². The molecule has 0 spiro atoms. The average Bonchev–Trinajstić information content (AvgIpc) is 3.09. The number of nitrogens with one attached hydrogen (secondary N) is 2. The van der Waals surface area contributed by atoms with Gasteiger partial charge in [-0.2, -0.15) is 8.42 Å². The van der Waals surface area contributed by atoms with Crippen LogP contribution in [0.5, 0.6) is 0 Å². The minimum atomic E-state index is -3.73. The van der Waals surface area contributed by atoms with E-state index in [0.717, 1.165) is 11.1 Å². The molecule has 1 heterocycles. The van der Waals surface area contributed by atoms with E-state index in [1.165, 1.54) is 13.2 Å². The normalized spacial score (nSPS) is 14.5. The van der Waals surface area contributed by atoms with E-state index in [-0.39, 0.29) is 23.1 Å². The Hall–Kier alpha value is -3.98. The number of rotatable bonds is 6. The molecule has 8 nitrogen and oxygen atoms in total. The number of hydrogen-bond acceptors (Lipinski definition) is 6. The van der Waals surface area contributed by atoms with Crippen molar-refractivity contribution >= 4 is 33.4 Å². The van der Waals surface area contributed by atoms with Crippen molar-refractivity contribution in [3.05, 3.63) is 95.1 Å². The summed E-state index contributed by atoms with van der Waals surface area (Å²) in [5.74, 6) is -0.560. The van der Waals surface area contributed by atoms with Crippen molar-refractivity contribution < 1.29 is 22.7 Å². The molecule has 3 aromatic rings. The molecule has 0 saturated heterocycles. The maximum absolute atomic E-state index is 12.9. The Morgan fingerprint density at radius 3 is 2.32 bits per heavy atom. The van der Waals surface area contributed by atoms with Crippen LogP contribution in [0.1, 0.15) is 39.5 Å². The SMILES string of the molecule is COC(=O)CC(NC(=O)c1ccc(NC2=NS(=O)(=O)c3ccccc32)cc1)c1ccc(C)cc1. The number of ether oxygens (including phenoxy) is 1. The van der Waals surface area contributed by atoms with E-state index in [9.17, 15) is 18.0 Å². The molecule has 174 valence electrons. The van der Waals surface area contributed by atoms with Crippen LogP contribution in [0.25, 0.3) is 0 Å². The summed E-state index contributed by atoms with van der Waals surface area (Å²) in [5, 5.41) is 5.89. The second-order valence-electron chi connectivity index (χ2n) is 7.83. The summed E-state index contributed by atoms with van der Waals surface area (Å²) >= 11 is 0. The van der Waals surface area contributed by atoms with Gasteiger partial charge in [0.15, 0.2) is 5.84 Å². The van der Waals surface area contributed by atoms with Gasteiger partial charge in [0.1, 0.15) is 4.90 Å². The lowest BCUT2D eigenvalue weighted by atomic mass is 10.0. The Labute approximate surface area is 197 Å². The van der Waals surface area contributed by atoms with Crippen LogP contribution in [0.4, 0.5) is 5.69 Å². The summed E-state index contributed by atoms with van der Waals surface area (Å²) in [4.78, 5) is 24.9. The summed E-state index contributed by atoms with van der Waals surface area (Å²) in [5.41, 5.74) is 3.31. The predicted molar refractivity (Wildman–Crippen MR) is 128 cm³/mol. The van der Waals surface area contributed by atoms with Gasteiger partial charge in [0, 0.05) is 16.8 Å². The van der Waals surface area contributed by atoms with Crippen molar-refractivity contribution in [1.82, 2.24) is 5.32 Å². The van der Waals surface area contributed by atoms with E-state index in [4.69, 9.17) is 4.74 Å². The van der Waals surface area contributed by atoms with Gasteiger partial charge in [0.25, 0.3) is 15.9 Å². The minimum Gasteiger partial charge on any atom is -0.469 e. The van der Waals surface area contributed by atoms with Crippen LogP contribution < -0.4 is 10.6 Å². The molecule has 0 aromatic heterocycles. The van der Waals surface area contributed by atoms with Crippen LogP contribution in [0.15, 0.2) is 82.1 Å². The van der Waals surface area contributed by atoms with Gasteiger partial charge in [-0.25, -0.2) is 0 Å². The van der Waals surface area contributed by atoms with Crippen LogP contribution in [0, 0.1) is 6.92 Å². The number of anilines is 1. The highest BCUT2D eigenvalue weighted by Gasteiger charge is 2.28. The molecule has 4 rings (SSSR count). The van der Waals surface area contributed by atoms with E-state index in [0.29, 0.717) is 16.8 Å². The topological polar surface area (TPSA) is 114 Å². The zero-order valence-electron chi connectivity index (χ0n) is 18.6. The zero-order valence-corrected chi connectivity index (χ0v) is 19.4. The third-order valence-corrected chi connectivity index (χ3v) is 6.76. The summed E-state index contributed by atoms with van der Waals surface area (Å²) in [7, 11) is -2.42. The number of methoxy groups -OCH3 is 1. The first kappa shape index (κ1) is 23.2. The highest BCUT2D eigenvalue weighted by atomic mass is 32.2. The Morgan fingerprint density at radius 2 is 1.65 bits per heavy atom. The van der Waals surface area contributed by atoms with E-state index in [1.807, 2.05) is 31.2 Å². The Balaban J connectivity index is 1.49. The zero-order chi connectivity index (χ0) is 24.3. The molecule has 1 aliphatic rings. The number of carbonyl (C=O) groups is 2. The predicted octanol–water partition coefficient (Wildman–Crippen LogP) is 3.59. The number of nitrogens with zero attached hydrogens (tertiary/aromatic N) is 1. The first-order valence-electron chi connectivity index (χ1n) is 10.5. The van der Waals surface area contributed by atoms with Crippen LogP contribution in [0.2, 0.25) is 0 Å². The molecule has 0 bridgehead atoms. The van der Waals surface area contributed by atoms with Crippen molar-refractivity contribution in [3.8, 4) is 0 Å². The first-order chi connectivity index (χ1) is 16.3. The lowest BCUT2D eigenvalue weighted by Gasteiger charge is -2.19. The first-order valence-corrected chi connectivity index (χ1v) is 12.0. The lowest BCUT2D eigenvalue weighted by molar-refractivity contribution is -0.141. The van der Waals surface area contributed by atoms with Crippen molar-refractivity contribution in [2.75, 3.05) is 12.4 Å². The van der Waals surface area contributed by atoms with Crippen molar-refractivity contribution in [2.24, 2.45) is 4.40 Å². The largest absolute Gasteiger partial charge is 0.469 e. The van der Waals surface area contributed by atoms with Crippen LogP contribution in [-0.2, 0) is 19.6 Å². The maximum atomic E-state index is 12.9. The van der Waals surface area contributed by atoms with Gasteiger partial charge in [-0.1, -0.05) is 42.0 Å². The fraction of sp³-hybridized carbons (Fsp3) is 0.160. The summed E-state index contributed by atoms with van der Waals surface area (Å²) in [6.07, 6.45) is -0.00134. The molecular weight excluding hydrogens is 454 g/mol. The monoisotopic (exact) mass is 477 g/mol. The molecule has 1 amide bonds. The van der Waals surface area contributed by atoms with Gasteiger partial charge in [0.05, 0.1) is 19.6 Å². The van der Waals surface area contributed by atoms with Gasteiger partial charge in [-0.05, 0) is 48.9 Å². The fourth-order valence-corrected chi connectivity index (χ4v) is 4.76. The van der Waals surface area contributed by atoms with Crippen molar-refractivity contribution in [2.45, 2.75) is 24.3 Å². The average molecular weight is 478 g/mol. The Morgan fingerprint density at radius 1 is 0.971 bits per heavy atom. The number of sulfonamides is 1. The second-order valence-corrected chi connectivity index (χ2v) is 9.40. The highest BCUT2D eigenvalue weighted by molar-refractivity contribution is 7.90. The van der Waals surface area contributed by atoms with Crippen LogP contribution in [0.3, 0.4) is 0 Å². The standard InChI is InChI=1S/C25H23N3O5S/c1-16-7-9-17(10-8-16)21(15-23(29)33-2)27-25(30)18-11-13-19(14-12-18)26-24-20-5-3-4-6-22(20)34(31,32)28-24/h3-14,21H,15H2,1-2H3,(H,26,28)(H,27,30). The Kier molecular flexibility index (Phi) is 6.47. The molecule has 1 unspecified atom stereocenters. The molecule has 34 heavy (non-hydrogen) atoms. The van der Waals surface area contributed by atoms with Crippen LogP contribution >= 0.6 is 0 Å². The van der Waals surface area contributed by atoms with E-state index in [2.05, 4.69) is 15.0 Å². The van der Waals surface area contributed by atoms with Crippen molar-refractivity contribution in [1.29, 1.82) is 0 Å². The molecule has 9 heteroatoms. The van der Waals surface area contributed by atoms with Gasteiger partial charge in [-0.15, -0.1) is 4.40 Å². The van der Waals surface area contributed by atoms with E-state index >= 15 is 0 Å². The second kappa shape index (κ2) is 9.48. The molecule has 0 aliphatic carbocycles. The molecule has 1 atom stereocenters. The minimum absolute atomic E-state index is 0.00134. The number of benzene rings is 3. The molecule has 3 aromatic carbocycles. The van der Waals surface area contributed by atoms with Crippen molar-refractivity contribution in [3.63, 3.8) is 0 Å². The van der Waals surface area contributed by atoms with E-state index < -0.39 is 22.0 Å². The fourth-order valence-electron chi connectivity index (χ4n) is 3.58. The lowest BCUT2D eigenvalue weighted by Crippen LogP contribution is -2.30. The number of aryl methyl sites for hydroxylation is 1. The van der Waals surface area contributed by atoms with Gasteiger partial charge < -0.3 is 15.4 Å². The number of hydrogen-bond donors (Lipinski definition) is 2. The molecule has 1 aliphatic heterocycles. The molecule has 0 fully saturated rings. The number of amides is 1. The number of amidine groups is 1. The maximum Gasteiger partial charge on any atom is 0.307 e.